The maximum absolute atomic E-state index is 6.43. The first kappa shape index (κ1) is 19.0. The zero-order valence-electron chi connectivity index (χ0n) is 16.0. The molecule has 0 aliphatic heterocycles. The van der Waals surface area contributed by atoms with Gasteiger partial charge in [0.05, 0.1) is 18.6 Å². The Bertz CT molecular complexity index is 777. The van der Waals surface area contributed by atoms with Gasteiger partial charge in [0.1, 0.15) is 11.5 Å². The van der Waals surface area contributed by atoms with Gasteiger partial charge in [-0.3, -0.25) is 0 Å². The zero-order chi connectivity index (χ0) is 19.1. The third-order valence-electron chi connectivity index (χ3n) is 4.89. The van der Waals surface area contributed by atoms with Crippen LogP contribution in [0.3, 0.4) is 0 Å². The van der Waals surface area contributed by atoms with Gasteiger partial charge in [-0.2, -0.15) is 0 Å². The smallest absolute Gasteiger partial charge is 0.119 e. The van der Waals surface area contributed by atoms with E-state index in [0.29, 0.717) is 19.8 Å². The van der Waals surface area contributed by atoms with Crippen LogP contribution in [-0.2, 0) is 5.41 Å². The number of hydrogen-bond donors (Lipinski definition) is 1. The molecule has 2 N–H and O–H groups in total. The summed E-state index contributed by atoms with van der Waals surface area (Å²) in [6.45, 7) is 5.74. The van der Waals surface area contributed by atoms with Crippen molar-refractivity contribution in [2.45, 2.75) is 19.3 Å². The van der Waals surface area contributed by atoms with E-state index in [9.17, 15) is 0 Å². The maximum Gasteiger partial charge on any atom is 0.119 e. The topological polar surface area (TPSA) is 44.5 Å². The molecule has 0 aliphatic carbocycles. The summed E-state index contributed by atoms with van der Waals surface area (Å²) in [6.07, 6.45) is 0. The highest BCUT2D eigenvalue weighted by Crippen LogP contribution is 2.39. The Kier molecular flexibility index (Phi) is 6.15. The van der Waals surface area contributed by atoms with Gasteiger partial charge in [0, 0.05) is 6.54 Å². The molecule has 0 fully saturated rings. The lowest BCUT2D eigenvalue weighted by Gasteiger charge is -2.35. The van der Waals surface area contributed by atoms with Crippen LogP contribution in [0, 0.1) is 0 Å². The quantitative estimate of drug-likeness (QED) is 0.587. The molecule has 0 heterocycles. The summed E-state index contributed by atoms with van der Waals surface area (Å²) in [6, 6.07) is 26.9. The average Bonchev–Trinajstić information content (AvgIpc) is 2.72. The highest BCUT2D eigenvalue weighted by Gasteiger charge is 2.35. The molecule has 0 spiro atoms. The minimum Gasteiger partial charge on any atom is -0.494 e. The molecule has 27 heavy (non-hydrogen) atoms. The van der Waals surface area contributed by atoms with Gasteiger partial charge in [-0.15, -0.1) is 0 Å². The molecule has 0 amide bonds. The number of nitrogens with two attached hydrogens (primary N) is 1. The summed E-state index contributed by atoms with van der Waals surface area (Å²) < 4.78 is 11.2. The van der Waals surface area contributed by atoms with Gasteiger partial charge in [-0.1, -0.05) is 54.6 Å². The molecule has 0 radical (unpaired) electrons. The van der Waals surface area contributed by atoms with Crippen molar-refractivity contribution in [3.63, 3.8) is 0 Å². The lowest BCUT2D eigenvalue weighted by atomic mass is 9.69. The highest BCUT2D eigenvalue weighted by atomic mass is 16.5. The third-order valence-corrected chi connectivity index (χ3v) is 4.89. The van der Waals surface area contributed by atoms with E-state index in [0.717, 1.165) is 22.6 Å². The SMILES string of the molecule is CCOc1ccc(C(CN)(c2ccccc2)c2ccc(OCC)cc2)cc1. The van der Waals surface area contributed by atoms with Crippen LogP contribution in [-0.4, -0.2) is 19.8 Å². The first-order chi connectivity index (χ1) is 13.2. The van der Waals surface area contributed by atoms with Crippen LogP contribution in [0.25, 0.3) is 0 Å². The van der Waals surface area contributed by atoms with Crippen LogP contribution in [0.15, 0.2) is 78.9 Å². The fraction of sp³-hybridized carbons (Fsp3) is 0.250. The van der Waals surface area contributed by atoms with E-state index in [-0.39, 0.29) is 0 Å². The highest BCUT2D eigenvalue weighted by molar-refractivity contribution is 5.52. The Balaban J connectivity index is 2.13. The summed E-state index contributed by atoms with van der Waals surface area (Å²) in [5.41, 5.74) is 9.45. The average molecular weight is 361 g/mol. The van der Waals surface area contributed by atoms with Crippen LogP contribution in [0.5, 0.6) is 11.5 Å². The van der Waals surface area contributed by atoms with E-state index in [4.69, 9.17) is 15.2 Å². The fourth-order valence-electron chi connectivity index (χ4n) is 3.58. The molecular formula is C24H27NO2. The second kappa shape index (κ2) is 8.74. The lowest BCUT2D eigenvalue weighted by Crippen LogP contribution is -2.37. The van der Waals surface area contributed by atoms with Crippen molar-refractivity contribution in [2.75, 3.05) is 19.8 Å². The van der Waals surface area contributed by atoms with E-state index in [1.165, 1.54) is 5.56 Å². The van der Waals surface area contributed by atoms with Gasteiger partial charge in [0.15, 0.2) is 0 Å². The molecule has 0 unspecified atom stereocenters. The Hall–Kier alpha value is -2.78. The zero-order valence-corrected chi connectivity index (χ0v) is 16.0. The Morgan fingerprint density at radius 1 is 0.630 bits per heavy atom. The van der Waals surface area contributed by atoms with E-state index in [1.807, 2.05) is 44.2 Å². The molecule has 3 aromatic carbocycles. The van der Waals surface area contributed by atoms with E-state index in [1.54, 1.807) is 0 Å². The first-order valence-corrected chi connectivity index (χ1v) is 9.47. The molecule has 0 atom stereocenters. The first-order valence-electron chi connectivity index (χ1n) is 9.47. The normalized spacial score (nSPS) is 11.2. The van der Waals surface area contributed by atoms with Crippen molar-refractivity contribution in [1.82, 2.24) is 0 Å². The number of rotatable bonds is 8. The monoisotopic (exact) mass is 361 g/mol. The molecule has 3 aromatic rings. The summed E-state index contributed by atoms with van der Waals surface area (Å²) in [5, 5.41) is 0. The molecule has 140 valence electrons. The van der Waals surface area contributed by atoms with Crippen molar-refractivity contribution < 1.29 is 9.47 Å². The van der Waals surface area contributed by atoms with Gasteiger partial charge in [0.25, 0.3) is 0 Å². The van der Waals surface area contributed by atoms with Gasteiger partial charge >= 0.3 is 0 Å². The largest absolute Gasteiger partial charge is 0.494 e. The molecule has 0 saturated heterocycles. The maximum atomic E-state index is 6.43. The summed E-state index contributed by atoms with van der Waals surface area (Å²) >= 11 is 0. The van der Waals surface area contributed by atoms with Crippen LogP contribution in [0.1, 0.15) is 30.5 Å². The van der Waals surface area contributed by atoms with Crippen molar-refractivity contribution in [2.24, 2.45) is 5.73 Å². The van der Waals surface area contributed by atoms with Crippen LogP contribution in [0.2, 0.25) is 0 Å². The predicted molar refractivity (Wildman–Crippen MR) is 111 cm³/mol. The standard InChI is InChI=1S/C24H27NO2/c1-3-26-22-14-10-20(11-15-22)24(18-25,19-8-6-5-7-9-19)21-12-16-23(17-13-21)27-4-2/h5-17H,3-4,18,25H2,1-2H3. The molecule has 3 rings (SSSR count). The molecule has 0 bridgehead atoms. The van der Waals surface area contributed by atoms with Gasteiger partial charge in [-0.05, 0) is 54.8 Å². The second-order valence-electron chi connectivity index (χ2n) is 6.39. The molecule has 3 nitrogen and oxygen atoms in total. The summed E-state index contributed by atoms with van der Waals surface area (Å²) in [7, 11) is 0. The minimum atomic E-state index is -0.434. The third kappa shape index (κ3) is 3.83. The molecule has 0 saturated carbocycles. The van der Waals surface area contributed by atoms with E-state index >= 15 is 0 Å². The van der Waals surface area contributed by atoms with E-state index in [2.05, 4.69) is 48.5 Å². The second-order valence-corrected chi connectivity index (χ2v) is 6.39. The van der Waals surface area contributed by atoms with Gasteiger partial charge < -0.3 is 15.2 Å². The van der Waals surface area contributed by atoms with Crippen molar-refractivity contribution in [3.05, 3.63) is 95.6 Å². The van der Waals surface area contributed by atoms with Crippen LogP contribution in [0.4, 0.5) is 0 Å². The van der Waals surface area contributed by atoms with Crippen molar-refractivity contribution in [3.8, 4) is 11.5 Å². The number of hydrogen-bond acceptors (Lipinski definition) is 3. The number of benzene rings is 3. The van der Waals surface area contributed by atoms with Crippen LogP contribution < -0.4 is 15.2 Å². The predicted octanol–water partition coefficient (Wildman–Crippen LogP) is 4.78. The van der Waals surface area contributed by atoms with E-state index < -0.39 is 5.41 Å². The summed E-state index contributed by atoms with van der Waals surface area (Å²) in [5.74, 6) is 1.74. The molecule has 3 heteroatoms. The summed E-state index contributed by atoms with van der Waals surface area (Å²) in [4.78, 5) is 0. The molecule has 0 aliphatic rings. The molecular weight excluding hydrogens is 334 g/mol. The van der Waals surface area contributed by atoms with Crippen molar-refractivity contribution >= 4 is 0 Å². The van der Waals surface area contributed by atoms with Crippen molar-refractivity contribution in [1.29, 1.82) is 0 Å². The fourth-order valence-corrected chi connectivity index (χ4v) is 3.58. The Morgan fingerprint density at radius 2 is 1.04 bits per heavy atom. The number of ether oxygens (including phenoxy) is 2. The lowest BCUT2D eigenvalue weighted by molar-refractivity contribution is 0.340. The van der Waals surface area contributed by atoms with Crippen LogP contribution >= 0.6 is 0 Å². The van der Waals surface area contributed by atoms with Gasteiger partial charge in [-0.25, -0.2) is 0 Å². The molecule has 0 aromatic heterocycles. The Labute approximate surface area is 161 Å². The Morgan fingerprint density at radius 3 is 1.41 bits per heavy atom. The minimum absolute atomic E-state index is 0.434. The van der Waals surface area contributed by atoms with Gasteiger partial charge in [0.2, 0.25) is 0 Å².